The van der Waals surface area contributed by atoms with Crippen LogP contribution in [-0.4, -0.2) is 18.2 Å². The summed E-state index contributed by atoms with van der Waals surface area (Å²) in [6.07, 6.45) is 0. The van der Waals surface area contributed by atoms with E-state index in [0.717, 1.165) is 5.56 Å². The summed E-state index contributed by atoms with van der Waals surface area (Å²) in [4.78, 5) is 11.9. The number of rotatable bonds is 5. The molecule has 23 heavy (non-hydrogen) atoms. The Hall–Kier alpha value is -2.76. The Morgan fingerprint density at radius 2 is 1.87 bits per heavy atom. The van der Waals surface area contributed by atoms with Gasteiger partial charge in [0.2, 0.25) is 0 Å². The number of nitrogens with one attached hydrogen (secondary N) is 1. The summed E-state index contributed by atoms with van der Waals surface area (Å²) in [7, 11) is 0. The summed E-state index contributed by atoms with van der Waals surface area (Å²) in [5.41, 5.74) is 4.50. The van der Waals surface area contributed by atoms with Crippen LogP contribution in [0.4, 0.5) is 8.78 Å². The zero-order chi connectivity index (χ0) is 16.8. The van der Waals surface area contributed by atoms with Crippen LogP contribution < -0.4 is 10.2 Å². The van der Waals surface area contributed by atoms with E-state index in [-0.39, 0.29) is 11.7 Å². The zero-order valence-electron chi connectivity index (χ0n) is 12.7. The van der Waals surface area contributed by atoms with Crippen LogP contribution in [0, 0.1) is 6.92 Å². The van der Waals surface area contributed by atoms with Crippen LogP contribution in [0.25, 0.3) is 0 Å². The first-order valence-corrected chi connectivity index (χ1v) is 6.93. The number of carbonyl (C=O) groups is 1. The topological polar surface area (TPSA) is 50.7 Å². The van der Waals surface area contributed by atoms with Crippen molar-refractivity contribution in [3.63, 3.8) is 0 Å². The van der Waals surface area contributed by atoms with Gasteiger partial charge in [-0.05, 0) is 38.1 Å². The number of halogens is 2. The molecule has 0 saturated carbocycles. The Labute approximate surface area is 132 Å². The van der Waals surface area contributed by atoms with Crippen molar-refractivity contribution in [3.05, 3.63) is 65.2 Å². The molecule has 4 nitrogen and oxygen atoms in total. The van der Waals surface area contributed by atoms with E-state index >= 15 is 0 Å². The van der Waals surface area contributed by atoms with Gasteiger partial charge in [0.25, 0.3) is 5.91 Å². The SMILES string of the molecule is C/C(=N/NC(=O)c1ccccc1)c1cc(C)ccc1OC(F)F. The number of benzene rings is 2. The normalized spacial score (nSPS) is 11.4. The first-order valence-electron chi connectivity index (χ1n) is 6.93. The highest BCUT2D eigenvalue weighted by Gasteiger charge is 2.12. The summed E-state index contributed by atoms with van der Waals surface area (Å²) in [6.45, 7) is 0.507. The summed E-state index contributed by atoms with van der Waals surface area (Å²) in [6, 6.07) is 13.4. The van der Waals surface area contributed by atoms with Crippen molar-refractivity contribution in [2.24, 2.45) is 5.10 Å². The lowest BCUT2D eigenvalue weighted by Gasteiger charge is -2.11. The lowest BCUT2D eigenvalue weighted by Crippen LogP contribution is -2.19. The molecular weight excluding hydrogens is 302 g/mol. The predicted molar refractivity (Wildman–Crippen MR) is 83.9 cm³/mol. The number of carbonyl (C=O) groups excluding carboxylic acids is 1. The first kappa shape index (κ1) is 16.6. The van der Waals surface area contributed by atoms with Gasteiger partial charge in [-0.1, -0.05) is 29.8 Å². The average molecular weight is 318 g/mol. The van der Waals surface area contributed by atoms with Crippen LogP contribution in [-0.2, 0) is 0 Å². The number of nitrogens with zero attached hydrogens (tertiary/aromatic N) is 1. The molecular formula is C17H16F2N2O2. The molecule has 1 amide bonds. The lowest BCUT2D eigenvalue weighted by atomic mass is 10.1. The van der Waals surface area contributed by atoms with E-state index < -0.39 is 6.61 Å². The smallest absolute Gasteiger partial charge is 0.387 e. The number of hydrogen-bond donors (Lipinski definition) is 1. The van der Waals surface area contributed by atoms with Crippen LogP contribution in [0.15, 0.2) is 53.6 Å². The van der Waals surface area contributed by atoms with Gasteiger partial charge in [0.05, 0.1) is 5.71 Å². The zero-order valence-corrected chi connectivity index (χ0v) is 12.7. The Morgan fingerprint density at radius 3 is 2.52 bits per heavy atom. The van der Waals surface area contributed by atoms with E-state index in [9.17, 15) is 13.6 Å². The van der Waals surface area contributed by atoms with Gasteiger partial charge < -0.3 is 4.74 Å². The number of alkyl halides is 2. The molecule has 0 fully saturated rings. The van der Waals surface area contributed by atoms with Gasteiger partial charge in [0.15, 0.2) is 0 Å². The minimum atomic E-state index is -2.93. The number of amides is 1. The van der Waals surface area contributed by atoms with Gasteiger partial charge in [-0.2, -0.15) is 13.9 Å². The van der Waals surface area contributed by atoms with Gasteiger partial charge in [-0.3, -0.25) is 4.79 Å². The Bertz CT molecular complexity index is 716. The standard InChI is InChI=1S/C17H16F2N2O2/c1-11-8-9-15(23-17(18)19)14(10-11)12(2)20-21-16(22)13-6-4-3-5-7-13/h3-10,17H,1-2H3,(H,21,22)/b20-12-. The minimum absolute atomic E-state index is 0.0146. The molecule has 0 spiro atoms. The molecule has 0 aliphatic heterocycles. The molecule has 0 radical (unpaired) electrons. The maximum atomic E-state index is 12.5. The van der Waals surface area contributed by atoms with Crippen molar-refractivity contribution in [2.45, 2.75) is 20.5 Å². The van der Waals surface area contributed by atoms with Crippen molar-refractivity contribution >= 4 is 11.6 Å². The molecule has 0 aliphatic carbocycles. The van der Waals surface area contributed by atoms with Crippen molar-refractivity contribution in [3.8, 4) is 5.75 Å². The summed E-state index contributed by atoms with van der Waals surface area (Å²) < 4.78 is 29.4. The molecule has 0 aliphatic rings. The van der Waals surface area contributed by atoms with Crippen LogP contribution in [0.2, 0.25) is 0 Å². The fourth-order valence-electron chi connectivity index (χ4n) is 1.97. The third-order valence-corrected chi connectivity index (χ3v) is 3.10. The second-order valence-electron chi connectivity index (χ2n) is 4.88. The van der Waals surface area contributed by atoms with Gasteiger partial charge in [0, 0.05) is 11.1 Å². The van der Waals surface area contributed by atoms with E-state index in [1.807, 2.05) is 6.92 Å². The Morgan fingerprint density at radius 1 is 1.17 bits per heavy atom. The number of aryl methyl sites for hydroxylation is 1. The molecule has 2 rings (SSSR count). The monoisotopic (exact) mass is 318 g/mol. The fraction of sp³-hybridized carbons (Fsp3) is 0.176. The van der Waals surface area contributed by atoms with Crippen LogP contribution in [0.1, 0.15) is 28.4 Å². The largest absolute Gasteiger partial charge is 0.434 e. The van der Waals surface area contributed by atoms with Gasteiger partial charge in [-0.25, -0.2) is 5.43 Å². The van der Waals surface area contributed by atoms with E-state index in [0.29, 0.717) is 16.8 Å². The highest BCUT2D eigenvalue weighted by Crippen LogP contribution is 2.22. The number of ether oxygens (including phenoxy) is 1. The summed E-state index contributed by atoms with van der Waals surface area (Å²) >= 11 is 0. The summed E-state index contributed by atoms with van der Waals surface area (Å²) in [5, 5.41) is 3.97. The molecule has 120 valence electrons. The van der Waals surface area contributed by atoms with Gasteiger partial charge >= 0.3 is 6.61 Å². The molecule has 0 heterocycles. The van der Waals surface area contributed by atoms with Crippen molar-refractivity contribution in [1.82, 2.24) is 5.43 Å². The molecule has 0 unspecified atom stereocenters. The number of hydrazone groups is 1. The molecule has 0 atom stereocenters. The van der Waals surface area contributed by atoms with E-state index in [1.54, 1.807) is 49.4 Å². The molecule has 0 bridgehead atoms. The second kappa shape index (κ2) is 7.49. The van der Waals surface area contributed by atoms with Crippen LogP contribution >= 0.6 is 0 Å². The highest BCUT2D eigenvalue weighted by atomic mass is 19.3. The molecule has 0 aromatic heterocycles. The van der Waals surface area contributed by atoms with Crippen molar-refractivity contribution in [2.75, 3.05) is 0 Å². The second-order valence-corrected chi connectivity index (χ2v) is 4.88. The highest BCUT2D eigenvalue weighted by molar-refractivity contribution is 6.02. The van der Waals surface area contributed by atoms with Crippen molar-refractivity contribution in [1.29, 1.82) is 0 Å². The minimum Gasteiger partial charge on any atom is -0.434 e. The van der Waals surface area contributed by atoms with E-state index in [2.05, 4.69) is 15.3 Å². The van der Waals surface area contributed by atoms with Crippen molar-refractivity contribution < 1.29 is 18.3 Å². The number of hydrogen-bond acceptors (Lipinski definition) is 3. The van der Waals surface area contributed by atoms with Crippen LogP contribution in [0.5, 0.6) is 5.75 Å². The Balaban J connectivity index is 2.20. The van der Waals surface area contributed by atoms with E-state index in [1.165, 1.54) is 6.07 Å². The fourth-order valence-corrected chi connectivity index (χ4v) is 1.97. The predicted octanol–water partition coefficient (Wildman–Crippen LogP) is 3.75. The Kier molecular flexibility index (Phi) is 5.41. The third-order valence-electron chi connectivity index (χ3n) is 3.10. The first-order chi connectivity index (χ1) is 11.0. The molecule has 0 saturated heterocycles. The third kappa shape index (κ3) is 4.60. The maximum Gasteiger partial charge on any atom is 0.387 e. The quantitative estimate of drug-likeness (QED) is 0.674. The summed E-state index contributed by atoms with van der Waals surface area (Å²) in [5.74, 6) is -0.366. The molecule has 1 N–H and O–H groups in total. The van der Waals surface area contributed by atoms with E-state index in [4.69, 9.17) is 0 Å². The van der Waals surface area contributed by atoms with Gasteiger partial charge in [-0.15, -0.1) is 0 Å². The maximum absolute atomic E-state index is 12.5. The van der Waals surface area contributed by atoms with Crippen LogP contribution in [0.3, 0.4) is 0 Å². The molecule has 6 heteroatoms. The molecule has 2 aromatic carbocycles. The molecule has 2 aromatic rings. The van der Waals surface area contributed by atoms with Gasteiger partial charge in [0.1, 0.15) is 5.75 Å². The lowest BCUT2D eigenvalue weighted by molar-refractivity contribution is -0.0499. The average Bonchev–Trinajstić information content (AvgIpc) is 2.54.